The summed E-state index contributed by atoms with van der Waals surface area (Å²) in [7, 11) is 0.215. The molecule has 1 aliphatic heterocycles. The van der Waals surface area contributed by atoms with Gasteiger partial charge in [0.25, 0.3) is 5.91 Å². The van der Waals surface area contributed by atoms with Gasteiger partial charge in [-0.3, -0.25) is 14.2 Å². The Bertz CT molecular complexity index is 513. The largest absolute Gasteiger partial charge is 0.364 e. The van der Waals surface area contributed by atoms with E-state index in [9.17, 15) is 9.59 Å². The van der Waals surface area contributed by atoms with Gasteiger partial charge >= 0.3 is 0 Å². The van der Waals surface area contributed by atoms with E-state index in [2.05, 4.69) is 0 Å². The number of primary amides is 1. The minimum atomic E-state index is -0.533. The highest BCUT2D eigenvalue weighted by Crippen LogP contribution is 2.42. The number of carbonyl (C=O) groups excluding carboxylic acids is 2. The zero-order valence-corrected chi connectivity index (χ0v) is 10.1. The molecule has 6 heteroatoms. The molecule has 0 spiro atoms. The fourth-order valence-corrected chi connectivity index (χ4v) is 1.93. The van der Waals surface area contributed by atoms with Crippen molar-refractivity contribution >= 4 is 26.7 Å². The van der Waals surface area contributed by atoms with Crippen LogP contribution < -0.4 is 5.73 Å². The first-order chi connectivity index (χ1) is 8.19. The van der Waals surface area contributed by atoms with Gasteiger partial charge in [0.15, 0.2) is 5.70 Å². The first kappa shape index (κ1) is 11.8. The Labute approximate surface area is 100 Å². The fraction of sp³-hybridized carbons (Fsp3) is 0.0909. The van der Waals surface area contributed by atoms with Crippen molar-refractivity contribution in [2.75, 3.05) is 6.66 Å². The molecule has 1 heterocycles. The van der Waals surface area contributed by atoms with Crippen molar-refractivity contribution in [3.05, 3.63) is 41.1 Å². The highest BCUT2D eigenvalue weighted by molar-refractivity contribution is 7.31. The zero-order chi connectivity index (χ0) is 12.4. The molecule has 0 radical (unpaired) electrons. The van der Waals surface area contributed by atoms with Crippen LogP contribution in [0, 0.1) is 0 Å². The number of benzene rings is 1. The van der Waals surface area contributed by atoms with Gasteiger partial charge in [0.2, 0.25) is 0 Å². The highest BCUT2D eigenvalue weighted by atomic mass is 31.1. The molecule has 1 atom stereocenters. The summed E-state index contributed by atoms with van der Waals surface area (Å²) in [6.07, 6.45) is 0.753. The van der Waals surface area contributed by atoms with Gasteiger partial charge in [0.05, 0.1) is 0 Å². The molecule has 1 aromatic rings. The lowest BCUT2D eigenvalue weighted by Gasteiger charge is -2.04. The lowest BCUT2D eigenvalue weighted by Crippen LogP contribution is -2.13. The summed E-state index contributed by atoms with van der Waals surface area (Å²) in [5, 5.41) is 1.41. The van der Waals surface area contributed by atoms with E-state index >= 15 is 0 Å². The average molecular weight is 250 g/mol. The van der Waals surface area contributed by atoms with Crippen LogP contribution in [-0.2, 0) is 9.42 Å². The van der Waals surface area contributed by atoms with Crippen LogP contribution in [0.2, 0.25) is 0 Å². The van der Waals surface area contributed by atoms with Gasteiger partial charge in [-0.15, -0.1) is 0 Å². The predicted molar refractivity (Wildman–Crippen MR) is 65.1 cm³/mol. The van der Waals surface area contributed by atoms with Crippen LogP contribution in [0.25, 0.3) is 5.70 Å². The molecule has 2 N–H and O–H groups in total. The number of aldehydes is 1. The average Bonchev–Trinajstić information content (AvgIpc) is 3.04. The second-order valence-corrected chi connectivity index (χ2v) is 3.99. The van der Waals surface area contributed by atoms with E-state index in [1.165, 1.54) is 5.06 Å². The molecule has 1 amide bonds. The van der Waals surface area contributed by atoms with E-state index < -0.39 is 5.91 Å². The number of hydrogen-bond donors (Lipinski definition) is 1. The van der Waals surface area contributed by atoms with Gasteiger partial charge < -0.3 is 5.73 Å². The quantitative estimate of drug-likeness (QED) is 0.628. The summed E-state index contributed by atoms with van der Waals surface area (Å²) in [5.74, 6) is -0.533. The maximum absolute atomic E-state index is 11.2. The molecule has 0 saturated heterocycles. The van der Waals surface area contributed by atoms with Crippen LogP contribution in [0.5, 0.6) is 0 Å². The van der Waals surface area contributed by atoms with Gasteiger partial charge in [-0.25, -0.2) is 5.06 Å². The van der Waals surface area contributed by atoms with Crippen molar-refractivity contribution in [2.45, 2.75) is 0 Å². The Morgan fingerprint density at radius 2 is 2.29 bits per heavy atom. The number of hydrogen-bond acceptors (Lipinski definition) is 4. The minimum Gasteiger partial charge on any atom is -0.364 e. The summed E-state index contributed by atoms with van der Waals surface area (Å²) in [6, 6.07) is 6.92. The molecule has 2 rings (SSSR count). The molecule has 0 aromatic heterocycles. The van der Waals surface area contributed by atoms with Gasteiger partial charge in [-0.05, 0) is 12.7 Å². The number of nitrogens with zero attached hydrogens (tertiary/aromatic N) is 1. The molecule has 17 heavy (non-hydrogen) atoms. The SMILES string of the molecule is CPON1C(C(N)=O)=C1c1cccc(C=O)c1. The van der Waals surface area contributed by atoms with Crippen molar-refractivity contribution in [1.29, 1.82) is 0 Å². The van der Waals surface area contributed by atoms with Crippen LogP contribution in [0.15, 0.2) is 30.0 Å². The Morgan fingerprint density at radius 3 is 2.88 bits per heavy atom. The van der Waals surface area contributed by atoms with Gasteiger partial charge in [0, 0.05) is 19.9 Å². The van der Waals surface area contributed by atoms with Crippen LogP contribution >= 0.6 is 8.81 Å². The number of carbonyl (C=O) groups is 2. The highest BCUT2D eigenvalue weighted by Gasteiger charge is 2.40. The summed E-state index contributed by atoms with van der Waals surface area (Å²) in [6.45, 7) is 1.84. The molecule has 1 aliphatic rings. The van der Waals surface area contributed by atoms with E-state index in [1.807, 2.05) is 6.66 Å². The van der Waals surface area contributed by atoms with E-state index in [1.54, 1.807) is 24.3 Å². The Hall–Kier alpha value is -1.71. The minimum absolute atomic E-state index is 0.215. The maximum atomic E-state index is 11.2. The molecule has 88 valence electrons. The number of amides is 1. The third kappa shape index (κ3) is 2.20. The predicted octanol–water partition coefficient (Wildman–Crippen LogP) is 1.12. The van der Waals surface area contributed by atoms with Crippen molar-refractivity contribution in [3.63, 3.8) is 0 Å². The molecule has 0 saturated carbocycles. The zero-order valence-electron chi connectivity index (χ0n) is 9.14. The summed E-state index contributed by atoms with van der Waals surface area (Å²) in [4.78, 5) is 21.8. The number of hydroxylamine groups is 2. The Balaban J connectivity index is 2.32. The second-order valence-electron chi connectivity index (χ2n) is 3.39. The smallest absolute Gasteiger partial charge is 0.270 e. The lowest BCUT2D eigenvalue weighted by atomic mass is 10.1. The van der Waals surface area contributed by atoms with Crippen molar-refractivity contribution in [3.8, 4) is 0 Å². The fourth-order valence-electron chi connectivity index (χ4n) is 1.56. The Morgan fingerprint density at radius 1 is 1.53 bits per heavy atom. The molecule has 5 nitrogen and oxygen atoms in total. The van der Waals surface area contributed by atoms with E-state index in [4.69, 9.17) is 10.4 Å². The first-order valence-electron chi connectivity index (χ1n) is 4.92. The van der Waals surface area contributed by atoms with Crippen LogP contribution in [0.4, 0.5) is 0 Å². The van der Waals surface area contributed by atoms with E-state index in [-0.39, 0.29) is 8.81 Å². The van der Waals surface area contributed by atoms with E-state index in [0.717, 1.165) is 11.8 Å². The van der Waals surface area contributed by atoms with Crippen LogP contribution in [0.1, 0.15) is 15.9 Å². The van der Waals surface area contributed by atoms with Crippen LogP contribution in [-0.4, -0.2) is 23.9 Å². The summed E-state index contributed by atoms with van der Waals surface area (Å²) >= 11 is 0. The van der Waals surface area contributed by atoms with Gasteiger partial charge in [0.1, 0.15) is 12.0 Å². The monoisotopic (exact) mass is 250 g/mol. The Kier molecular flexibility index (Phi) is 3.22. The molecule has 0 aliphatic carbocycles. The topological polar surface area (TPSA) is 72.4 Å². The number of rotatable bonds is 5. The van der Waals surface area contributed by atoms with Crippen molar-refractivity contribution in [2.24, 2.45) is 5.73 Å². The van der Waals surface area contributed by atoms with Gasteiger partial charge in [-0.1, -0.05) is 18.2 Å². The molecular weight excluding hydrogens is 239 g/mol. The normalized spacial score (nSPS) is 14.5. The third-order valence-electron chi connectivity index (χ3n) is 2.29. The van der Waals surface area contributed by atoms with Crippen LogP contribution in [0.3, 0.4) is 0 Å². The summed E-state index contributed by atoms with van der Waals surface area (Å²) < 4.78 is 5.27. The van der Waals surface area contributed by atoms with Crippen molar-refractivity contribution in [1.82, 2.24) is 5.06 Å². The molecule has 1 aromatic carbocycles. The summed E-state index contributed by atoms with van der Waals surface area (Å²) in [5.41, 5.74) is 7.51. The lowest BCUT2D eigenvalue weighted by molar-refractivity contribution is -0.116. The molecule has 1 unspecified atom stereocenters. The molecule has 0 fully saturated rings. The molecular formula is C11H11N2O3P. The second kappa shape index (κ2) is 4.65. The first-order valence-corrected chi connectivity index (χ1v) is 6.33. The standard InChI is InChI=1S/C11H11N2O3P/c1-17-16-13-9(10(13)11(12)15)8-4-2-3-7(5-8)6-14/h2-6,17H,1H3,(H2,12,15). The van der Waals surface area contributed by atoms with Crippen molar-refractivity contribution < 1.29 is 14.2 Å². The number of nitrogens with two attached hydrogens (primary N) is 1. The van der Waals surface area contributed by atoms with E-state index in [0.29, 0.717) is 17.0 Å². The maximum Gasteiger partial charge on any atom is 0.270 e. The third-order valence-corrected chi connectivity index (χ3v) is 2.66. The molecule has 0 bridgehead atoms. The van der Waals surface area contributed by atoms with Gasteiger partial charge in [-0.2, -0.15) is 0 Å².